The molecule has 1 heterocycles. The summed E-state index contributed by atoms with van der Waals surface area (Å²) in [6.45, 7) is 1.49. The van der Waals surface area contributed by atoms with Gasteiger partial charge in [-0.2, -0.15) is 0 Å². The lowest BCUT2D eigenvalue weighted by Gasteiger charge is -2.25. The van der Waals surface area contributed by atoms with Crippen LogP contribution >= 0.6 is 12.2 Å². The molecule has 0 radical (unpaired) electrons. The number of fused-ring (bicyclic) bond motifs is 1. The van der Waals surface area contributed by atoms with E-state index in [-0.39, 0.29) is 12.2 Å². The number of methoxy groups -OCH3 is 3. The number of H-pyrrole nitrogens is 1. The Labute approximate surface area is 204 Å². The minimum absolute atomic E-state index is 0.0377. The van der Waals surface area contributed by atoms with Gasteiger partial charge in [-0.05, 0) is 67.0 Å². The van der Waals surface area contributed by atoms with Crippen LogP contribution in [0.2, 0.25) is 0 Å². The van der Waals surface area contributed by atoms with Crippen molar-refractivity contribution >= 4 is 28.2 Å². The molecule has 182 valence electrons. The van der Waals surface area contributed by atoms with Crippen molar-refractivity contribution in [3.05, 3.63) is 63.9 Å². The third-order valence-corrected chi connectivity index (χ3v) is 5.90. The molecule has 0 spiro atoms. The first kappa shape index (κ1) is 25.3. The molecule has 0 atom stereocenters. The Kier molecular flexibility index (Phi) is 9.12. The largest absolute Gasteiger partial charge is 0.497 e. The number of aromatic amines is 1. The fraction of sp³-hybridized carbons (Fsp3) is 0.360. The van der Waals surface area contributed by atoms with Crippen LogP contribution in [-0.2, 0) is 13.0 Å². The quantitative estimate of drug-likeness (QED) is 0.357. The number of aliphatic hydroxyl groups excluding tert-OH is 1. The molecular weight excluding hydrogens is 454 g/mol. The normalized spacial score (nSPS) is 10.7. The Morgan fingerprint density at radius 1 is 1.06 bits per heavy atom. The van der Waals surface area contributed by atoms with Crippen LogP contribution in [0.1, 0.15) is 17.5 Å². The van der Waals surface area contributed by atoms with Crippen molar-refractivity contribution < 1.29 is 19.3 Å². The average Bonchev–Trinajstić information content (AvgIpc) is 2.86. The zero-order chi connectivity index (χ0) is 24.5. The predicted octanol–water partition coefficient (Wildman–Crippen LogP) is 2.86. The number of ether oxygens (including phenoxy) is 3. The maximum Gasteiger partial charge on any atom is 0.253 e. The van der Waals surface area contributed by atoms with Crippen molar-refractivity contribution in [2.75, 3.05) is 41.0 Å². The monoisotopic (exact) mass is 485 g/mol. The summed E-state index contributed by atoms with van der Waals surface area (Å²) in [6.07, 6.45) is 1.27. The molecule has 34 heavy (non-hydrogen) atoms. The molecule has 1 aromatic heterocycles. The van der Waals surface area contributed by atoms with Crippen LogP contribution in [0.5, 0.6) is 17.2 Å². The lowest BCUT2D eigenvalue weighted by Crippen LogP contribution is -2.41. The predicted molar refractivity (Wildman–Crippen MR) is 137 cm³/mol. The van der Waals surface area contributed by atoms with E-state index in [0.717, 1.165) is 28.6 Å². The lowest BCUT2D eigenvalue weighted by atomic mass is 10.1. The molecule has 0 saturated heterocycles. The summed E-state index contributed by atoms with van der Waals surface area (Å²) in [6, 6.07) is 13.2. The SMILES string of the molecule is COc1ccc2[nH]c(=O)c(CN(CCCO)C(=S)NCCc3ccc(OC)c(OC)c3)cc2c1. The van der Waals surface area contributed by atoms with Crippen molar-refractivity contribution in [2.45, 2.75) is 19.4 Å². The Morgan fingerprint density at radius 3 is 2.56 bits per heavy atom. The van der Waals surface area contributed by atoms with E-state index in [9.17, 15) is 9.90 Å². The topological polar surface area (TPSA) is 96.1 Å². The highest BCUT2D eigenvalue weighted by molar-refractivity contribution is 7.80. The Hall–Kier alpha value is -3.30. The van der Waals surface area contributed by atoms with Gasteiger partial charge in [0.25, 0.3) is 5.56 Å². The number of nitrogens with zero attached hydrogens (tertiary/aromatic N) is 1. The molecule has 3 aromatic rings. The highest BCUT2D eigenvalue weighted by atomic mass is 32.1. The van der Waals surface area contributed by atoms with Crippen molar-refractivity contribution in [3.63, 3.8) is 0 Å². The van der Waals surface area contributed by atoms with Gasteiger partial charge in [0, 0.05) is 36.2 Å². The summed E-state index contributed by atoms with van der Waals surface area (Å²) in [7, 11) is 4.82. The zero-order valence-corrected chi connectivity index (χ0v) is 20.5. The molecule has 0 unspecified atom stereocenters. The molecule has 8 nitrogen and oxygen atoms in total. The molecule has 0 aliphatic heterocycles. The number of benzene rings is 2. The highest BCUT2D eigenvalue weighted by Gasteiger charge is 2.14. The van der Waals surface area contributed by atoms with Gasteiger partial charge in [0.2, 0.25) is 0 Å². The van der Waals surface area contributed by atoms with Gasteiger partial charge < -0.3 is 34.5 Å². The molecule has 0 amide bonds. The summed E-state index contributed by atoms with van der Waals surface area (Å²) in [5.41, 5.74) is 2.24. The molecule has 3 N–H and O–H groups in total. The molecule has 0 aliphatic rings. The number of rotatable bonds is 11. The third-order valence-electron chi connectivity index (χ3n) is 5.50. The van der Waals surface area contributed by atoms with E-state index in [1.165, 1.54) is 0 Å². The van der Waals surface area contributed by atoms with Gasteiger partial charge in [0.05, 0.1) is 27.9 Å². The first-order valence-electron chi connectivity index (χ1n) is 11.0. The minimum atomic E-state index is -0.167. The van der Waals surface area contributed by atoms with Gasteiger partial charge in [-0.25, -0.2) is 0 Å². The summed E-state index contributed by atoms with van der Waals surface area (Å²) in [5, 5.41) is 14.0. The number of thiocarbonyl (C=S) groups is 1. The average molecular weight is 486 g/mol. The van der Waals surface area contributed by atoms with E-state index in [1.807, 2.05) is 47.4 Å². The number of hydrogen-bond acceptors (Lipinski definition) is 6. The number of nitrogens with one attached hydrogen (secondary N) is 2. The van der Waals surface area contributed by atoms with Crippen LogP contribution in [0.3, 0.4) is 0 Å². The molecule has 0 aliphatic carbocycles. The fourth-order valence-corrected chi connectivity index (χ4v) is 3.91. The Bertz CT molecular complexity index is 1180. The van der Waals surface area contributed by atoms with Crippen molar-refractivity contribution in [2.24, 2.45) is 0 Å². The van der Waals surface area contributed by atoms with Crippen molar-refractivity contribution in [1.29, 1.82) is 0 Å². The summed E-state index contributed by atoms with van der Waals surface area (Å²) < 4.78 is 15.9. The van der Waals surface area contributed by atoms with E-state index < -0.39 is 0 Å². The van der Waals surface area contributed by atoms with E-state index >= 15 is 0 Å². The van der Waals surface area contributed by atoms with Crippen LogP contribution in [-0.4, -0.2) is 61.1 Å². The van der Waals surface area contributed by atoms with Crippen LogP contribution in [0, 0.1) is 0 Å². The molecular formula is C25H31N3O5S. The maximum atomic E-state index is 12.7. The lowest BCUT2D eigenvalue weighted by molar-refractivity contribution is 0.264. The second-order valence-corrected chi connectivity index (χ2v) is 8.13. The van der Waals surface area contributed by atoms with Gasteiger partial charge in [0.1, 0.15) is 5.75 Å². The maximum absolute atomic E-state index is 12.7. The Balaban J connectivity index is 1.69. The summed E-state index contributed by atoms with van der Waals surface area (Å²) >= 11 is 5.63. The van der Waals surface area contributed by atoms with Crippen LogP contribution < -0.4 is 25.1 Å². The second kappa shape index (κ2) is 12.2. The summed E-state index contributed by atoms with van der Waals surface area (Å²) in [5.74, 6) is 2.08. The molecule has 2 aromatic carbocycles. The van der Waals surface area contributed by atoms with E-state index in [0.29, 0.717) is 48.2 Å². The van der Waals surface area contributed by atoms with Crippen molar-refractivity contribution in [3.8, 4) is 17.2 Å². The van der Waals surface area contributed by atoms with Crippen molar-refractivity contribution in [1.82, 2.24) is 15.2 Å². The Morgan fingerprint density at radius 2 is 1.85 bits per heavy atom. The minimum Gasteiger partial charge on any atom is -0.497 e. The van der Waals surface area contributed by atoms with Gasteiger partial charge in [-0.15, -0.1) is 0 Å². The standard InChI is InChI=1S/C25H31N3O5S/c1-31-20-6-7-21-18(15-20)14-19(24(30)27-21)16-28(11-4-12-29)25(34)26-10-9-17-5-8-22(32-2)23(13-17)33-3/h5-8,13-15,29H,4,9-12,16H2,1-3H3,(H,26,34)(H,27,30). The third kappa shape index (κ3) is 6.39. The second-order valence-electron chi connectivity index (χ2n) is 7.75. The number of aliphatic hydroxyl groups is 1. The number of pyridine rings is 1. The van der Waals surface area contributed by atoms with Gasteiger partial charge in [0.15, 0.2) is 16.6 Å². The molecule has 3 rings (SSSR count). The summed E-state index contributed by atoms with van der Waals surface area (Å²) in [4.78, 5) is 17.5. The van der Waals surface area contributed by atoms with E-state index in [4.69, 9.17) is 26.4 Å². The van der Waals surface area contributed by atoms with E-state index in [1.54, 1.807) is 21.3 Å². The molecule has 0 fully saturated rings. The van der Waals surface area contributed by atoms with Crippen LogP contribution in [0.25, 0.3) is 10.9 Å². The van der Waals surface area contributed by atoms with Gasteiger partial charge in [-0.3, -0.25) is 4.79 Å². The van der Waals surface area contributed by atoms with Crippen LogP contribution in [0.4, 0.5) is 0 Å². The first-order valence-corrected chi connectivity index (χ1v) is 11.4. The zero-order valence-electron chi connectivity index (χ0n) is 19.7. The molecule has 0 bridgehead atoms. The van der Waals surface area contributed by atoms with Gasteiger partial charge in [-0.1, -0.05) is 6.07 Å². The molecule has 0 saturated carbocycles. The number of hydrogen-bond donors (Lipinski definition) is 3. The van der Waals surface area contributed by atoms with Crippen LogP contribution in [0.15, 0.2) is 47.3 Å². The number of aromatic nitrogens is 1. The highest BCUT2D eigenvalue weighted by Crippen LogP contribution is 2.27. The smallest absolute Gasteiger partial charge is 0.253 e. The first-order chi connectivity index (χ1) is 16.5. The fourth-order valence-electron chi connectivity index (χ4n) is 3.66. The van der Waals surface area contributed by atoms with Gasteiger partial charge >= 0.3 is 0 Å². The molecule has 9 heteroatoms. The van der Waals surface area contributed by atoms with E-state index in [2.05, 4.69) is 10.3 Å².